The Hall–Kier alpha value is -3.06. The van der Waals surface area contributed by atoms with Gasteiger partial charge >= 0.3 is 0 Å². The molecule has 0 aliphatic carbocycles. The highest BCUT2D eigenvalue weighted by Crippen LogP contribution is 2.34. The number of aromatic nitrogens is 1. The largest absolute Gasteiger partial charge is 0.322 e. The molecule has 2 amide bonds. The summed E-state index contributed by atoms with van der Waals surface area (Å²) in [6.07, 6.45) is 1.57. The number of benzene rings is 2. The van der Waals surface area contributed by atoms with Gasteiger partial charge in [0.2, 0.25) is 0 Å². The van der Waals surface area contributed by atoms with Gasteiger partial charge in [0.25, 0.3) is 11.8 Å². The molecule has 2 heterocycles. The Morgan fingerprint density at radius 1 is 1.18 bits per heavy atom. The first kappa shape index (κ1) is 18.3. The highest BCUT2D eigenvalue weighted by atomic mass is 32.1. The highest BCUT2D eigenvalue weighted by Gasteiger charge is 2.27. The summed E-state index contributed by atoms with van der Waals surface area (Å²) in [6, 6.07) is 11.0. The number of aryl methyl sites for hydroxylation is 1. The van der Waals surface area contributed by atoms with Crippen LogP contribution < -0.4 is 10.2 Å². The number of carbonyl (C=O) groups is 2. The Labute approximate surface area is 165 Å². The van der Waals surface area contributed by atoms with Gasteiger partial charge in [-0.25, -0.2) is 9.37 Å². The Morgan fingerprint density at radius 3 is 2.68 bits per heavy atom. The Balaban J connectivity index is 1.63. The predicted octanol–water partition coefficient (Wildman–Crippen LogP) is 4.44. The van der Waals surface area contributed by atoms with E-state index in [-0.39, 0.29) is 17.6 Å². The lowest BCUT2D eigenvalue weighted by atomic mass is 9.99. The average Bonchev–Trinajstić information content (AvgIpc) is 3.13. The zero-order valence-electron chi connectivity index (χ0n) is 15.2. The molecule has 4 rings (SSSR count). The van der Waals surface area contributed by atoms with Gasteiger partial charge in [-0.05, 0) is 61.7 Å². The van der Waals surface area contributed by atoms with Crippen molar-refractivity contribution < 1.29 is 14.0 Å². The second kappa shape index (κ2) is 7.52. The van der Waals surface area contributed by atoms with Crippen LogP contribution >= 0.6 is 11.3 Å². The van der Waals surface area contributed by atoms with Gasteiger partial charge in [0.15, 0.2) is 0 Å². The maximum atomic E-state index is 13.1. The summed E-state index contributed by atoms with van der Waals surface area (Å²) in [7, 11) is 0. The molecule has 0 atom stereocenters. The molecule has 1 aromatic heterocycles. The molecule has 0 fully saturated rings. The third-order valence-corrected chi connectivity index (χ3v) is 5.71. The molecule has 3 aromatic rings. The number of anilines is 2. The number of carbonyl (C=O) groups excluding carboxylic acids is 2. The third-order valence-electron chi connectivity index (χ3n) is 4.79. The summed E-state index contributed by atoms with van der Waals surface area (Å²) in [4.78, 5) is 32.1. The zero-order chi connectivity index (χ0) is 19.7. The number of thiazole rings is 1. The summed E-state index contributed by atoms with van der Waals surface area (Å²) < 4.78 is 13.1. The molecule has 2 aromatic carbocycles. The Morgan fingerprint density at radius 2 is 1.96 bits per heavy atom. The third kappa shape index (κ3) is 3.41. The van der Waals surface area contributed by atoms with E-state index in [0.29, 0.717) is 22.7 Å². The van der Waals surface area contributed by atoms with Gasteiger partial charge in [0.05, 0.1) is 11.2 Å². The van der Waals surface area contributed by atoms with E-state index < -0.39 is 0 Å². The number of halogens is 1. The van der Waals surface area contributed by atoms with Crippen molar-refractivity contribution in [2.75, 3.05) is 16.8 Å². The molecule has 0 unspecified atom stereocenters. The lowest BCUT2D eigenvalue weighted by molar-refractivity contribution is 0.0987. The van der Waals surface area contributed by atoms with Gasteiger partial charge in [-0.15, -0.1) is 11.3 Å². The van der Waals surface area contributed by atoms with Crippen molar-refractivity contribution in [3.05, 3.63) is 75.5 Å². The van der Waals surface area contributed by atoms with E-state index in [1.165, 1.54) is 35.6 Å². The molecule has 1 aliphatic rings. The molecular weight excluding hydrogens is 377 g/mol. The number of fused-ring (bicyclic) bond motifs is 1. The Bertz CT molecular complexity index is 1050. The fourth-order valence-corrected chi connectivity index (χ4v) is 4.13. The van der Waals surface area contributed by atoms with Crippen LogP contribution in [0.25, 0.3) is 0 Å². The van der Waals surface area contributed by atoms with Crippen LogP contribution in [0.15, 0.2) is 48.0 Å². The minimum atomic E-state index is -0.388. The van der Waals surface area contributed by atoms with Crippen LogP contribution in [0.1, 0.15) is 37.7 Å². The molecule has 7 heteroatoms. The van der Waals surface area contributed by atoms with E-state index in [9.17, 15) is 14.0 Å². The molecule has 0 saturated heterocycles. The lowest BCUT2D eigenvalue weighted by Gasteiger charge is -2.30. The lowest BCUT2D eigenvalue weighted by Crippen LogP contribution is -2.35. The fraction of sp³-hybridized carbons (Fsp3) is 0.190. The highest BCUT2D eigenvalue weighted by molar-refractivity contribution is 7.12. The van der Waals surface area contributed by atoms with E-state index in [1.807, 2.05) is 25.1 Å². The number of amides is 2. The van der Waals surface area contributed by atoms with Crippen LogP contribution in [-0.2, 0) is 6.42 Å². The van der Waals surface area contributed by atoms with Gasteiger partial charge in [0, 0.05) is 23.5 Å². The van der Waals surface area contributed by atoms with E-state index in [1.54, 1.807) is 10.4 Å². The number of hydrogen-bond acceptors (Lipinski definition) is 4. The summed E-state index contributed by atoms with van der Waals surface area (Å²) in [5, 5.41) is 2.90. The smallest absolute Gasteiger partial charge is 0.270 e. The maximum absolute atomic E-state index is 13.1. The van der Waals surface area contributed by atoms with E-state index in [0.717, 1.165) is 29.8 Å². The first-order valence-electron chi connectivity index (χ1n) is 8.95. The molecule has 0 spiro atoms. The second-order valence-electron chi connectivity index (χ2n) is 6.59. The minimum Gasteiger partial charge on any atom is -0.322 e. The van der Waals surface area contributed by atoms with Crippen LogP contribution in [0.3, 0.4) is 0 Å². The van der Waals surface area contributed by atoms with E-state index in [2.05, 4.69) is 10.3 Å². The van der Waals surface area contributed by atoms with Gasteiger partial charge in [-0.3, -0.25) is 9.59 Å². The number of nitrogens with zero attached hydrogens (tertiary/aromatic N) is 2. The average molecular weight is 395 g/mol. The van der Waals surface area contributed by atoms with Gasteiger partial charge < -0.3 is 10.2 Å². The normalized spacial score (nSPS) is 13.1. The van der Waals surface area contributed by atoms with Crippen LogP contribution in [-0.4, -0.2) is 23.3 Å². The summed E-state index contributed by atoms with van der Waals surface area (Å²) in [5.41, 5.74) is 5.18. The molecule has 0 saturated carbocycles. The number of nitrogens with one attached hydrogen (secondary N) is 1. The van der Waals surface area contributed by atoms with Gasteiger partial charge in [0.1, 0.15) is 10.7 Å². The molecule has 142 valence electrons. The van der Waals surface area contributed by atoms with Crippen LogP contribution in [0.2, 0.25) is 0 Å². The fourth-order valence-electron chi connectivity index (χ4n) is 3.38. The first-order valence-corrected chi connectivity index (χ1v) is 9.83. The van der Waals surface area contributed by atoms with Crippen LogP contribution in [0.5, 0.6) is 0 Å². The first-order chi connectivity index (χ1) is 13.5. The molecule has 1 N–H and O–H groups in total. The van der Waals surface area contributed by atoms with Crippen molar-refractivity contribution in [1.82, 2.24) is 4.98 Å². The molecule has 0 radical (unpaired) electrons. The summed E-state index contributed by atoms with van der Waals surface area (Å²) in [5.74, 6) is -0.765. The molecule has 1 aliphatic heterocycles. The molecule has 5 nitrogen and oxygen atoms in total. The standard InChI is InChI=1S/C21H18FN3O2S/c1-13-19(28-12-23-13)21(27)25-11-3-4-16-17(5-2-6-18(16)25)24-20(26)14-7-9-15(22)10-8-14/h2,5-10,12H,3-4,11H2,1H3,(H,24,26). The Kier molecular flexibility index (Phi) is 4.92. The summed E-state index contributed by atoms with van der Waals surface area (Å²) >= 11 is 1.34. The quantitative estimate of drug-likeness (QED) is 0.713. The van der Waals surface area contributed by atoms with Crippen LogP contribution in [0.4, 0.5) is 15.8 Å². The van der Waals surface area contributed by atoms with Crippen molar-refractivity contribution >= 4 is 34.5 Å². The van der Waals surface area contributed by atoms with Gasteiger partial charge in [-0.1, -0.05) is 6.07 Å². The maximum Gasteiger partial charge on any atom is 0.270 e. The molecule has 0 bridgehead atoms. The molecule has 28 heavy (non-hydrogen) atoms. The number of rotatable bonds is 3. The van der Waals surface area contributed by atoms with Crippen molar-refractivity contribution in [3.63, 3.8) is 0 Å². The topological polar surface area (TPSA) is 62.3 Å². The monoisotopic (exact) mass is 395 g/mol. The number of hydrogen-bond donors (Lipinski definition) is 1. The molecular formula is C21H18FN3O2S. The SMILES string of the molecule is Cc1ncsc1C(=O)N1CCCc2c(NC(=O)c3ccc(F)cc3)cccc21. The van der Waals surface area contributed by atoms with Crippen LogP contribution in [0, 0.1) is 12.7 Å². The van der Waals surface area contributed by atoms with E-state index >= 15 is 0 Å². The second-order valence-corrected chi connectivity index (χ2v) is 7.45. The van der Waals surface area contributed by atoms with Crippen molar-refractivity contribution in [3.8, 4) is 0 Å². The van der Waals surface area contributed by atoms with E-state index in [4.69, 9.17) is 0 Å². The van der Waals surface area contributed by atoms with Gasteiger partial charge in [-0.2, -0.15) is 0 Å². The van der Waals surface area contributed by atoms with Crippen molar-refractivity contribution in [2.24, 2.45) is 0 Å². The minimum absolute atomic E-state index is 0.0667. The summed E-state index contributed by atoms with van der Waals surface area (Å²) in [6.45, 7) is 2.45. The zero-order valence-corrected chi connectivity index (χ0v) is 16.1. The van der Waals surface area contributed by atoms with Crippen molar-refractivity contribution in [1.29, 1.82) is 0 Å². The predicted molar refractivity (Wildman–Crippen MR) is 108 cm³/mol. The van der Waals surface area contributed by atoms with Crippen molar-refractivity contribution in [2.45, 2.75) is 19.8 Å².